The molecule has 1 aromatic carbocycles. The van der Waals surface area contributed by atoms with Gasteiger partial charge in [-0.15, -0.1) is 0 Å². The molecule has 5 nitrogen and oxygen atoms in total. The minimum absolute atomic E-state index is 0.0652. The lowest BCUT2D eigenvalue weighted by Gasteiger charge is -2.19. The van der Waals surface area contributed by atoms with Crippen LogP contribution in [0.1, 0.15) is 39.2 Å². The molecule has 0 spiro atoms. The molecule has 1 amide bonds. The van der Waals surface area contributed by atoms with Crippen molar-refractivity contribution in [1.29, 1.82) is 0 Å². The summed E-state index contributed by atoms with van der Waals surface area (Å²) in [6, 6.07) is 7.57. The van der Waals surface area contributed by atoms with Gasteiger partial charge in [0.1, 0.15) is 11.3 Å². The molecule has 0 unspecified atom stereocenters. The number of rotatable bonds is 5. The number of nitrogens with one attached hydrogen (secondary N) is 1. The number of carboxylic acids is 1. The Kier molecular flexibility index (Phi) is 3.94. The molecule has 1 aliphatic carbocycles. The molecule has 0 heterocycles. The third kappa shape index (κ3) is 3.74. The van der Waals surface area contributed by atoms with Crippen LogP contribution in [-0.2, 0) is 15.0 Å². The fraction of sp³-hybridized carbons (Fsp3) is 0.500. The first-order valence-corrected chi connectivity index (χ1v) is 7.01. The molecule has 0 aromatic heterocycles. The van der Waals surface area contributed by atoms with Crippen molar-refractivity contribution in [2.75, 3.05) is 6.61 Å². The van der Waals surface area contributed by atoms with Crippen LogP contribution in [0.4, 0.5) is 0 Å². The van der Waals surface area contributed by atoms with E-state index in [1.165, 1.54) is 5.56 Å². The zero-order chi connectivity index (χ0) is 15.7. The number of carbonyl (C=O) groups is 2. The summed E-state index contributed by atoms with van der Waals surface area (Å²) in [5.41, 5.74) is 0.189. The summed E-state index contributed by atoms with van der Waals surface area (Å²) in [5.74, 6) is -0.793. The molecule has 114 valence electrons. The Morgan fingerprint density at radius 1 is 1.24 bits per heavy atom. The zero-order valence-corrected chi connectivity index (χ0v) is 12.6. The van der Waals surface area contributed by atoms with E-state index in [0.29, 0.717) is 18.6 Å². The van der Waals surface area contributed by atoms with Gasteiger partial charge in [-0.3, -0.25) is 4.79 Å². The van der Waals surface area contributed by atoms with Gasteiger partial charge in [-0.25, -0.2) is 4.79 Å². The molecule has 0 aliphatic heterocycles. The van der Waals surface area contributed by atoms with Crippen LogP contribution in [-0.4, -0.2) is 29.1 Å². The van der Waals surface area contributed by atoms with Gasteiger partial charge in [-0.05, 0) is 36.0 Å². The van der Waals surface area contributed by atoms with E-state index < -0.39 is 17.4 Å². The molecule has 5 heteroatoms. The SMILES string of the molecule is CC(C)(C)c1ccc(OCC(=O)NC2(C(=O)O)CC2)cc1. The van der Waals surface area contributed by atoms with Crippen molar-refractivity contribution in [1.82, 2.24) is 5.32 Å². The van der Waals surface area contributed by atoms with Crippen molar-refractivity contribution >= 4 is 11.9 Å². The Morgan fingerprint density at radius 3 is 2.24 bits per heavy atom. The number of hydrogen-bond donors (Lipinski definition) is 2. The molecule has 0 saturated heterocycles. The lowest BCUT2D eigenvalue weighted by atomic mass is 9.87. The zero-order valence-electron chi connectivity index (χ0n) is 12.6. The second kappa shape index (κ2) is 5.39. The second-order valence-electron chi connectivity index (χ2n) is 6.50. The molecule has 1 fully saturated rings. The fourth-order valence-corrected chi connectivity index (χ4v) is 2.02. The van der Waals surface area contributed by atoms with E-state index in [9.17, 15) is 9.59 Å². The Morgan fingerprint density at radius 2 is 1.81 bits per heavy atom. The highest BCUT2D eigenvalue weighted by atomic mass is 16.5. The molecular weight excluding hydrogens is 270 g/mol. The standard InChI is InChI=1S/C16H21NO4/c1-15(2,3)11-4-6-12(7-5-11)21-10-13(18)17-16(8-9-16)14(19)20/h4-7H,8-10H2,1-3H3,(H,17,18)(H,19,20). The van der Waals surface area contributed by atoms with Gasteiger partial charge < -0.3 is 15.2 Å². The maximum atomic E-state index is 11.7. The molecule has 2 rings (SSSR count). The largest absolute Gasteiger partial charge is 0.484 e. The van der Waals surface area contributed by atoms with E-state index in [0.717, 1.165) is 0 Å². The number of aliphatic carboxylic acids is 1. The van der Waals surface area contributed by atoms with Crippen molar-refractivity contribution in [2.45, 2.75) is 44.6 Å². The topological polar surface area (TPSA) is 75.6 Å². The van der Waals surface area contributed by atoms with Crippen molar-refractivity contribution in [3.05, 3.63) is 29.8 Å². The van der Waals surface area contributed by atoms with Crippen LogP contribution in [0.25, 0.3) is 0 Å². The van der Waals surface area contributed by atoms with Crippen molar-refractivity contribution in [3.8, 4) is 5.75 Å². The van der Waals surface area contributed by atoms with Gasteiger partial charge in [-0.2, -0.15) is 0 Å². The maximum Gasteiger partial charge on any atom is 0.329 e. The minimum Gasteiger partial charge on any atom is -0.484 e. The van der Waals surface area contributed by atoms with Crippen LogP contribution in [0.3, 0.4) is 0 Å². The molecule has 0 bridgehead atoms. The molecule has 1 aromatic rings. The minimum atomic E-state index is -1.06. The number of amides is 1. The van der Waals surface area contributed by atoms with Gasteiger partial charge in [0.2, 0.25) is 0 Å². The predicted octanol–water partition coefficient (Wildman–Crippen LogP) is 2.10. The highest BCUT2D eigenvalue weighted by molar-refractivity contribution is 5.90. The predicted molar refractivity (Wildman–Crippen MR) is 78.4 cm³/mol. The van der Waals surface area contributed by atoms with Crippen molar-refractivity contribution in [3.63, 3.8) is 0 Å². The number of hydrogen-bond acceptors (Lipinski definition) is 3. The van der Waals surface area contributed by atoms with Crippen LogP contribution in [0.5, 0.6) is 5.75 Å². The first-order chi connectivity index (χ1) is 9.73. The number of benzene rings is 1. The summed E-state index contributed by atoms with van der Waals surface area (Å²) < 4.78 is 5.38. The molecule has 21 heavy (non-hydrogen) atoms. The van der Waals surface area contributed by atoms with Crippen LogP contribution in [0, 0.1) is 0 Å². The van der Waals surface area contributed by atoms with Crippen LogP contribution in [0.2, 0.25) is 0 Å². The van der Waals surface area contributed by atoms with E-state index in [1.54, 1.807) is 0 Å². The Balaban J connectivity index is 1.86. The average Bonchev–Trinajstić information content (AvgIpc) is 3.17. The van der Waals surface area contributed by atoms with Gasteiger partial charge in [0, 0.05) is 0 Å². The molecular formula is C16H21NO4. The van der Waals surface area contributed by atoms with Gasteiger partial charge in [0.25, 0.3) is 5.91 Å². The normalized spacial score (nSPS) is 16.1. The Hall–Kier alpha value is -2.04. The third-order valence-electron chi connectivity index (χ3n) is 3.63. The summed E-state index contributed by atoms with van der Waals surface area (Å²) in [5, 5.41) is 11.5. The molecule has 0 radical (unpaired) electrons. The number of carbonyl (C=O) groups excluding carboxylic acids is 1. The van der Waals surface area contributed by atoms with E-state index in [4.69, 9.17) is 9.84 Å². The molecule has 0 atom stereocenters. The van der Waals surface area contributed by atoms with E-state index in [2.05, 4.69) is 26.1 Å². The maximum absolute atomic E-state index is 11.7. The number of carboxylic acid groups (broad SMARTS) is 1. The van der Waals surface area contributed by atoms with Gasteiger partial charge in [0.05, 0.1) is 0 Å². The molecule has 1 saturated carbocycles. The van der Waals surface area contributed by atoms with Crippen LogP contribution < -0.4 is 10.1 Å². The van der Waals surface area contributed by atoms with Crippen LogP contribution in [0.15, 0.2) is 24.3 Å². The summed E-state index contributed by atoms with van der Waals surface area (Å²) in [7, 11) is 0. The summed E-state index contributed by atoms with van der Waals surface area (Å²) >= 11 is 0. The Bertz CT molecular complexity index is 538. The smallest absolute Gasteiger partial charge is 0.329 e. The van der Waals surface area contributed by atoms with Crippen LogP contribution >= 0.6 is 0 Å². The highest BCUT2D eigenvalue weighted by Crippen LogP contribution is 2.35. The van der Waals surface area contributed by atoms with Gasteiger partial charge in [0.15, 0.2) is 6.61 Å². The highest BCUT2D eigenvalue weighted by Gasteiger charge is 2.51. The summed E-state index contributed by atoms with van der Waals surface area (Å²) in [4.78, 5) is 22.7. The van der Waals surface area contributed by atoms with Gasteiger partial charge in [-0.1, -0.05) is 32.9 Å². The van der Waals surface area contributed by atoms with E-state index in [-0.39, 0.29) is 12.0 Å². The number of ether oxygens (including phenoxy) is 1. The van der Waals surface area contributed by atoms with E-state index in [1.807, 2.05) is 24.3 Å². The van der Waals surface area contributed by atoms with E-state index >= 15 is 0 Å². The lowest BCUT2D eigenvalue weighted by Crippen LogP contribution is -2.45. The van der Waals surface area contributed by atoms with Crippen molar-refractivity contribution in [2.24, 2.45) is 0 Å². The quantitative estimate of drug-likeness (QED) is 0.871. The first kappa shape index (κ1) is 15.4. The summed E-state index contributed by atoms with van der Waals surface area (Å²) in [6.07, 6.45) is 0.961. The average molecular weight is 291 g/mol. The Labute approximate surface area is 124 Å². The monoisotopic (exact) mass is 291 g/mol. The summed E-state index contributed by atoms with van der Waals surface area (Å²) in [6.45, 7) is 6.19. The second-order valence-corrected chi connectivity index (χ2v) is 6.50. The molecule has 2 N–H and O–H groups in total. The van der Waals surface area contributed by atoms with Gasteiger partial charge >= 0.3 is 5.97 Å². The lowest BCUT2D eigenvalue weighted by molar-refractivity contribution is -0.143. The van der Waals surface area contributed by atoms with Crippen molar-refractivity contribution < 1.29 is 19.4 Å². The molecule has 1 aliphatic rings. The fourth-order valence-electron chi connectivity index (χ4n) is 2.02. The first-order valence-electron chi connectivity index (χ1n) is 7.01. The third-order valence-corrected chi connectivity index (χ3v) is 3.63.